The first kappa shape index (κ1) is 42.1. The lowest BCUT2D eigenvalue weighted by molar-refractivity contribution is -0.135. The molecule has 1 aliphatic rings. The Balaban J connectivity index is 1.82. The molecular formula is C29H26N4O18S4. The van der Waals surface area contributed by atoms with Gasteiger partial charge in [-0.25, -0.2) is 9.59 Å². The minimum Gasteiger partial charge on any atom is -0.493 e. The Bertz CT molecular complexity index is 2690. The summed E-state index contributed by atoms with van der Waals surface area (Å²) in [6.45, 7) is 2.39. The van der Waals surface area contributed by atoms with E-state index >= 15 is 0 Å². The van der Waals surface area contributed by atoms with Crippen molar-refractivity contribution >= 4 is 75.8 Å². The van der Waals surface area contributed by atoms with Gasteiger partial charge in [-0.1, -0.05) is 18.2 Å². The number of hydrogen-bond acceptors (Lipinski definition) is 16. The molecule has 2 heterocycles. The molecule has 22 nitrogen and oxygen atoms in total. The smallest absolute Gasteiger partial charge is 0.359 e. The van der Waals surface area contributed by atoms with Crippen LogP contribution in [0.2, 0.25) is 0 Å². The van der Waals surface area contributed by atoms with E-state index in [-0.39, 0.29) is 18.2 Å². The zero-order valence-corrected chi connectivity index (χ0v) is 31.0. The Morgan fingerprint density at radius 1 is 0.727 bits per heavy atom. The van der Waals surface area contributed by atoms with Gasteiger partial charge in [0.15, 0.2) is 11.4 Å². The highest BCUT2D eigenvalue weighted by Gasteiger charge is 2.38. The van der Waals surface area contributed by atoms with Crippen LogP contribution in [0.3, 0.4) is 0 Å². The van der Waals surface area contributed by atoms with Gasteiger partial charge in [-0.2, -0.15) is 53.6 Å². The number of nitrogens with zero attached hydrogens (tertiary/aromatic N) is 4. The van der Waals surface area contributed by atoms with E-state index in [0.717, 1.165) is 30.4 Å². The minimum atomic E-state index is -5.16. The van der Waals surface area contributed by atoms with E-state index < -0.39 is 118 Å². The first-order valence-corrected chi connectivity index (χ1v) is 20.5. The molecule has 294 valence electrons. The predicted octanol–water partition coefficient (Wildman–Crippen LogP) is 1.20. The van der Waals surface area contributed by atoms with Crippen LogP contribution in [0, 0.1) is 0 Å². The molecule has 2 aromatic carbocycles. The Morgan fingerprint density at radius 3 is 1.75 bits per heavy atom. The SMILES string of the molecule is CCOC(=O)C1=NN(c2cc(S(=O)(=O)O)ccc2S(=O)(=O)O)C(=O)/C1=C\C=CC=Cc1c(C(=O)OCC)nn(-c2cc(S(=O)(=O)O)ccc2S(=O)(=O)O)c1O. The molecule has 0 unspecified atom stereocenters. The summed E-state index contributed by atoms with van der Waals surface area (Å²) in [5.41, 5.74) is -4.13. The first-order valence-electron chi connectivity index (χ1n) is 14.7. The number of carbonyl (C=O) groups is 3. The van der Waals surface area contributed by atoms with Gasteiger partial charge in [-0.3, -0.25) is 23.0 Å². The van der Waals surface area contributed by atoms with Crippen LogP contribution < -0.4 is 5.01 Å². The molecule has 0 aliphatic carbocycles. The number of hydrazone groups is 1. The van der Waals surface area contributed by atoms with Gasteiger partial charge in [0, 0.05) is 0 Å². The van der Waals surface area contributed by atoms with Gasteiger partial charge in [0.1, 0.15) is 9.79 Å². The maximum atomic E-state index is 13.5. The Kier molecular flexibility index (Phi) is 12.0. The lowest BCUT2D eigenvalue weighted by Crippen LogP contribution is -2.24. The number of anilines is 1. The summed E-state index contributed by atoms with van der Waals surface area (Å²) in [6, 6.07) is 3.41. The number of rotatable bonds is 13. The van der Waals surface area contributed by atoms with Crippen LogP contribution in [0.25, 0.3) is 11.8 Å². The average molecular weight is 847 g/mol. The fraction of sp³-hybridized carbons (Fsp3) is 0.138. The Hall–Kier alpha value is -5.61. The van der Waals surface area contributed by atoms with Gasteiger partial charge < -0.3 is 14.6 Å². The van der Waals surface area contributed by atoms with Crippen molar-refractivity contribution in [3.63, 3.8) is 0 Å². The zero-order valence-electron chi connectivity index (χ0n) is 27.7. The standard InChI is InChI=1S/C29H26N4O18S4/c1-3-50-28(36)24-18(26(34)32(30-24)20-14-16(52(38,39)40)10-12-22(20)54(44,45)46)8-6-5-7-9-19-25(29(37)51-4-2)31-33(27(19)35)21-15-17(53(41,42)43)11-13-23(21)55(47,48)49/h5-15,34H,3-4H2,1-2H3,(H,38,39,40)(H,41,42,43)(H,44,45,46)(H,47,48,49)/b7-5?,8-6?,19-9-. The van der Waals surface area contributed by atoms with E-state index in [4.69, 9.17) is 9.47 Å². The summed E-state index contributed by atoms with van der Waals surface area (Å²) in [5, 5.41) is 18.9. The molecule has 0 saturated carbocycles. The molecule has 5 N–H and O–H groups in total. The number of esters is 2. The molecule has 0 radical (unpaired) electrons. The molecule has 1 aliphatic heterocycles. The summed E-state index contributed by atoms with van der Waals surface area (Å²) in [4.78, 5) is 35.1. The van der Waals surface area contributed by atoms with Gasteiger partial charge in [-0.05, 0) is 62.4 Å². The normalized spacial score (nSPS) is 14.9. The fourth-order valence-electron chi connectivity index (χ4n) is 4.62. The molecule has 0 atom stereocenters. The van der Waals surface area contributed by atoms with Gasteiger partial charge in [0.2, 0.25) is 5.88 Å². The van der Waals surface area contributed by atoms with Crippen molar-refractivity contribution < 1.29 is 80.8 Å². The first-order chi connectivity index (χ1) is 25.4. The Morgan fingerprint density at radius 2 is 1.24 bits per heavy atom. The molecule has 0 fully saturated rings. The van der Waals surface area contributed by atoms with Gasteiger partial charge >= 0.3 is 11.9 Å². The predicted molar refractivity (Wildman–Crippen MR) is 185 cm³/mol. The third-order valence-corrected chi connectivity index (χ3v) is 10.4. The third kappa shape index (κ3) is 9.20. The molecule has 3 aromatic rings. The number of benzene rings is 2. The van der Waals surface area contributed by atoms with Crippen LogP contribution in [0.4, 0.5) is 5.69 Å². The van der Waals surface area contributed by atoms with Crippen LogP contribution in [-0.4, -0.2) is 104 Å². The summed E-state index contributed by atoms with van der Waals surface area (Å²) >= 11 is 0. The van der Waals surface area contributed by atoms with Crippen molar-refractivity contribution in [2.45, 2.75) is 33.4 Å². The van der Waals surface area contributed by atoms with Gasteiger partial charge in [0.25, 0.3) is 46.4 Å². The number of ether oxygens (including phenoxy) is 2. The van der Waals surface area contributed by atoms with E-state index in [1.54, 1.807) is 0 Å². The number of hydrogen-bond donors (Lipinski definition) is 5. The van der Waals surface area contributed by atoms with Crippen LogP contribution in [0.1, 0.15) is 29.9 Å². The number of carbonyl (C=O) groups excluding carboxylic acids is 3. The Labute approximate surface area is 311 Å². The highest BCUT2D eigenvalue weighted by Crippen LogP contribution is 2.34. The second-order valence-electron chi connectivity index (χ2n) is 10.5. The fourth-order valence-corrected chi connectivity index (χ4v) is 6.92. The topological polar surface area (TPSA) is 341 Å². The molecule has 26 heteroatoms. The average Bonchev–Trinajstić information content (AvgIpc) is 3.58. The maximum absolute atomic E-state index is 13.5. The molecule has 0 bridgehead atoms. The maximum Gasteiger partial charge on any atom is 0.359 e. The van der Waals surface area contributed by atoms with E-state index in [0.29, 0.717) is 41.1 Å². The van der Waals surface area contributed by atoms with Gasteiger partial charge in [0.05, 0.1) is 45.5 Å². The lowest BCUT2D eigenvalue weighted by atomic mass is 10.1. The highest BCUT2D eigenvalue weighted by atomic mass is 32.2. The van der Waals surface area contributed by atoms with E-state index in [1.807, 2.05) is 0 Å². The number of aromatic nitrogens is 2. The summed E-state index contributed by atoms with van der Waals surface area (Å²) < 4.78 is 144. The molecule has 4 rings (SSSR count). The third-order valence-electron chi connectivity index (χ3n) is 6.93. The molecule has 1 aromatic heterocycles. The van der Waals surface area contributed by atoms with Crippen molar-refractivity contribution in [1.82, 2.24) is 9.78 Å². The molecular weight excluding hydrogens is 821 g/mol. The van der Waals surface area contributed by atoms with Crippen LogP contribution in [-0.2, 0) is 59.5 Å². The van der Waals surface area contributed by atoms with E-state index in [9.17, 15) is 71.4 Å². The molecule has 0 spiro atoms. The summed E-state index contributed by atoms with van der Waals surface area (Å²) in [7, 11) is -20.3. The molecule has 1 amide bonds. The highest BCUT2D eigenvalue weighted by molar-refractivity contribution is 7.87. The van der Waals surface area contributed by atoms with E-state index in [2.05, 4.69) is 10.2 Å². The van der Waals surface area contributed by atoms with Crippen LogP contribution >= 0.6 is 0 Å². The lowest BCUT2D eigenvalue weighted by Gasteiger charge is -2.15. The quantitative estimate of drug-likeness (QED) is 0.0698. The van der Waals surface area contributed by atoms with Crippen molar-refractivity contribution in [3.8, 4) is 11.6 Å². The molecule has 0 saturated heterocycles. The van der Waals surface area contributed by atoms with Crippen LogP contribution in [0.5, 0.6) is 5.88 Å². The number of aromatic hydroxyl groups is 1. The van der Waals surface area contributed by atoms with E-state index in [1.165, 1.54) is 13.8 Å². The van der Waals surface area contributed by atoms with Crippen molar-refractivity contribution in [2.24, 2.45) is 5.10 Å². The summed E-state index contributed by atoms with van der Waals surface area (Å²) in [5.74, 6) is -4.63. The summed E-state index contributed by atoms with van der Waals surface area (Å²) in [6.07, 6.45) is 5.27. The number of amides is 1. The van der Waals surface area contributed by atoms with Crippen molar-refractivity contribution in [3.05, 3.63) is 77.5 Å². The van der Waals surface area contributed by atoms with Gasteiger partial charge in [-0.15, -0.1) is 0 Å². The minimum absolute atomic E-state index is 0.209. The second kappa shape index (κ2) is 15.6. The monoisotopic (exact) mass is 846 g/mol. The molecule has 55 heavy (non-hydrogen) atoms. The van der Waals surface area contributed by atoms with Crippen molar-refractivity contribution in [1.29, 1.82) is 0 Å². The van der Waals surface area contributed by atoms with Crippen molar-refractivity contribution in [2.75, 3.05) is 18.2 Å². The zero-order chi connectivity index (χ0) is 41.3. The largest absolute Gasteiger partial charge is 0.493 e. The number of allylic oxidation sites excluding steroid dienone is 4. The van der Waals surface area contributed by atoms with Crippen LogP contribution in [0.15, 0.2) is 91.0 Å². The second-order valence-corrected chi connectivity index (χ2v) is 16.1.